The van der Waals surface area contributed by atoms with Crippen LogP contribution in [0.4, 0.5) is 0 Å². The molecule has 1 aromatic rings. The molecule has 0 radical (unpaired) electrons. The zero-order valence-electron chi connectivity index (χ0n) is 15.9. The molecular formula is C20H33NO3. The van der Waals surface area contributed by atoms with E-state index in [1.165, 1.54) is 0 Å². The Labute approximate surface area is 147 Å². The maximum absolute atomic E-state index is 12.2. The molecule has 0 heterocycles. The van der Waals surface area contributed by atoms with E-state index in [0.29, 0.717) is 36.6 Å². The summed E-state index contributed by atoms with van der Waals surface area (Å²) in [6.07, 6.45) is 3.09. The second-order valence-electron chi connectivity index (χ2n) is 6.61. The lowest BCUT2D eigenvalue weighted by atomic mass is 10.2. The highest BCUT2D eigenvalue weighted by molar-refractivity contribution is 5.92. The summed E-state index contributed by atoms with van der Waals surface area (Å²) in [5.41, 5.74) is 0.509. The van der Waals surface area contributed by atoms with E-state index in [9.17, 15) is 4.79 Å². The second kappa shape index (κ2) is 11.1. The molecule has 1 aromatic carbocycles. The molecular weight excluding hydrogens is 302 g/mol. The van der Waals surface area contributed by atoms with E-state index < -0.39 is 0 Å². The number of hydrogen-bond acceptors (Lipinski definition) is 4. The molecule has 0 fully saturated rings. The van der Waals surface area contributed by atoms with Crippen LogP contribution < -0.4 is 4.74 Å². The number of para-hydroxylation sites is 1. The van der Waals surface area contributed by atoms with Crippen molar-refractivity contribution in [1.82, 2.24) is 4.90 Å². The van der Waals surface area contributed by atoms with E-state index >= 15 is 0 Å². The van der Waals surface area contributed by atoms with Crippen LogP contribution in [0.5, 0.6) is 5.75 Å². The molecule has 4 nitrogen and oxygen atoms in total. The molecule has 0 spiro atoms. The Balaban J connectivity index is 2.58. The third kappa shape index (κ3) is 6.91. The van der Waals surface area contributed by atoms with Crippen molar-refractivity contribution in [2.24, 2.45) is 0 Å². The minimum atomic E-state index is -0.300. The van der Waals surface area contributed by atoms with Crippen molar-refractivity contribution in [2.75, 3.05) is 19.8 Å². The molecule has 0 saturated heterocycles. The molecule has 0 saturated carbocycles. The van der Waals surface area contributed by atoms with Crippen molar-refractivity contribution in [3.8, 4) is 5.75 Å². The summed E-state index contributed by atoms with van der Waals surface area (Å²) in [5.74, 6) is 0.303. The SMILES string of the molecule is CCCCCOC(=O)c1ccccc1OCCN(C(C)C)C(C)C. The van der Waals surface area contributed by atoms with Gasteiger partial charge >= 0.3 is 5.97 Å². The van der Waals surface area contributed by atoms with Crippen LogP contribution in [0.3, 0.4) is 0 Å². The first-order valence-corrected chi connectivity index (χ1v) is 9.12. The van der Waals surface area contributed by atoms with Crippen LogP contribution in [-0.4, -0.2) is 42.7 Å². The number of ether oxygens (including phenoxy) is 2. The predicted octanol–water partition coefficient (Wildman–Crippen LogP) is 4.53. The van der Waals surface area contributed by atoms with Crippen LogP contribution >= 0.6 is 0 Å². The highest BCUT2D eigenvalue weighted by Gasteiger charge is 2.16. The number of rotatable bonds is 11. The number of benzene rings is 1. The van der Waals surface area contributed by atoms with Gasteiger partial charge in [-0.3, -0.25) is 4.90 Å². The van der Waals surface area contributed by atoms with Crippen molar-refractivity contribution in [1.29, 1.82) is 0 Å². The third-order valence-corrected chi connectivity index (χ3v) is 4.02. The molecule has 0 bridgehead atoms. The lowest BCUT2D eigenvalue weighted by molar-refractivity contribution is 0.0492. The van der Waals surface area contributed by atoms with Crippen molar-refractivity contribution in [2.45, 2.75) is 66.0 Å². The van der Waals surface area contributed by atoms with Crippen LogP contribution in [0, 0.1) is 0 Å². The largest absolute Gasteiger partial charge is 0.491 e. The van der Waals surface area contributed by atoms with Gasteiger partial charge in [-0.15, -0.1) is 0 Å². The van der Waals surface area contributed by atoms with Gasteiger partial charge in [0.25, 0.3) is 0 Å². The van der Waals surface area contributed by atoms with Gasteiger partial charge in [0.2, 0.25) is 0 Å². The van der Waals surface area contributed by atoms with Gasteiger partial charge in [0.15, 0.2) is 0 Å². The molecule has 0 aliphatic carbocycles. The first-order chi connectivity index (χ1) is 11.5. The van der Waals surface area contributed by atoms with Gasteiger partial charge in [0.1, 0.15) is 17.9 Å². The van der Waals surface area contributed by atoms with E-state index in [4.69, 9.17) is 9.47 Å². The van der Waals surface area contributed by atoms with Gasteiger partial charge in [-0.1, -0.05) is 31.9 Å². The molecule has 0 aliphatic heterocycles. The minimum absolute atomic E-state index is 0.300. The fourth-order valence-electron chi connectivity index (χ4n) is 2.73. The van der Waals surface area contributed by atoms with Crippen LogP contribution in [-0.2, 0) is 4.74 Å². The number of hydrogen-bond donors (Lipinski definition) is 0. The molecule has 0 amide bonds. The first kappa shape index (κ1) is 20.5. The smallest absolute Gasteiger partial charge is 0.341 e. The quantitative estimate of drug-likeness (QED) is 0.440. The topological polar surface area (TPSA) is 38.8 Å². The summed E-state index contributed by atoms with van der Waals surface area (Å²) in [6, 6.07) is 8.24. The highest BCUT2D eigenvalue weighted by Crippen LogP contribution is 2.19. The Morgan fingerprint density at radius 1 is 1.04 bits per heavy atom. The summed E-state index contributed by atoms with van der Waals surface area (Å²) >= 11 is 0. The van der Waals surface area contributed by atoms with Gasteiger partial charge in [-0.2, -0.15) is 0 Å². The summed E-state index contributed by atoms with van der Waals surface area (Å²) in [7, 11) is 0. The second-order valence-corrected chi connectivity index (χ2v) is 6.61. The van der Waals surface area contributed by atoms with Crippen LogP contribution in [0.2, 0.25) is 0 Å². The Kier molecular flexibility index (Phi) is 9.46. The normalized spacial score (nSPS) is 11.3. The van der Waals surface area contributed by atoms with E-state index in [0.717, 1.165) is 25.8 Å². The molecule has 0 aromatic heterocycles. The molecule has 24 heavy (non-hydrogen) atoms. The van der Waals surface area contributed by atoms with Crippen molar-refractivity contribution >= 4 is 5.97 Å². The Morgan fingerprint density at radius 3 is 2.33 bits per heavy atom. The van der Waals surface area contributed by atoms with Crippen molar-refractivity contribution in [3.63, 3.8) is 0 Å². The average Bonchev–Trinajstić information content (AvgIpc) is 2.55. The molecule has 0 atom stereocenters. The van der Waals surface area contributed by atoms with E-state index in [2.05, 4.69) is 39.5 Å². The van der Waals surface area contributed by atoms with Crippen LogP contribution in [0.1, 0.15) is 64.2 Å². The Morgan fingerprint density at radius 2 is 1.71 bits per heavy atom. The summed E-state index contributed by atoms with van der Waals surface area (Å²) < 4.78 is 11.2. The summed E-state index contributed by atoms with van der Waals surface area (Å²) in [6.45, 7) is 12.7. The summed E-state index contributed by atoms with van der Waals surface area (Å²) in [5, 5.41) is 0. The zero-order chi connectivity index (χ0) is 17.9. The average molecular weight is 335 g/mol. The lowest BCUT2D eigenvalue weighted by Crippen LogP contribution is -2.39. The van der Waals surface area contributed by atoms with Crippen molar-refractivity contribution in [3.05, 3.63) is 29.8 Å². The van der Waals surface area contributed by atoms with Crippen LogP contribution in [0.25, 0.3) is 0 Å². The van der Waals surface area contributed by atoms with Gasteiger partial charge in [0, 0.05) is 18.6 Å². The Bertz CT molecular complexity index is 478. The molecule has 0 N–H and O–H groups in total. The van der Waals surface area contributed by atoms with Gasteiger partial charge in [-0.05, 0) is 46.2 Å². The molecule has 1 rings (SSSR count). The molecule has 4 heteroatoms. The van der Waals surface area contributed by atoms with Gasteiger partial charge < -0.3 is 9.47 Å². The maximum Gasteiger partial charge on any atom is 0.341 e. The number of carbonyl (C=O) groups excluding carboxylic acids is 1. The monoisotopic (exact) mass is 335 g/mol. The maximum atomic E-state index is 12.2. The fraction of sp³-hybridized carbons (Fsp3) is 0.650. The predicted molar refractivity (Wildman–Crippen MR) is 98.7 cm³/mol. The lowest BCUT2D eigenvalue weighted by Gasteiger charge is -2.30. The molecule has 0 aliphatic rings. The fourth-order valence-corrected chi connectivity index (χ4v) is 2.73. The number of carbonyl (C=O) groups is 1. The van der Waals surface area contributed by atoms with Crippen molar-refractivity contribution < 1.29 is 14.3 Å². The van der Waals surface area contributed by atoms with Gasteiger partial charge in [0.05, 0.1) is 6.61 Å². The molecule has 136 valence electrons. The van der Waals surface area contributed by atoms with E-state index in [-0.39, 0.29) is 5.97 Å². The first-order valence-electron chi connectivity index (χ1n) is 9.12. The minimum Gasteiger partial charge on any atom is -0.491 e. The Hall–Kier alpha value is -1.55. The highest BCUT2D eigenvalue weighted by atomic mass is 16.5. The number of nitrogens with zero attached hydrogens (tertiary/aromatic N) is 1. The number of esters is 1. The summed E-state index contributed by atoms with van der Waals surface area (Å²) in [4.78, 5) is 14.6. The van der Waals surface area contributed by atoms with E-state index in [1.807, 2.05) is 18.2 Å². The van der Waals surface area contributed by atoms with Crippen LogP contribution in [0.15, 0.2) is 24.3 Å². The zero-order valence-corrected chi connectivity index (χ0v) is 15.9. The van der Waals surface area contributed by atoms with Gasteiger partial charge in [-0.25, -0.2) is 4.79 Å². The third-order valence-electron chi connectivity index (χ3n) is 4.02. The number of unbranched alkanes of at least 4 members (excludes halogenated alkanes) is 2. The molecule has 0 unspecified atom stereocenters. The van der Waals surface area contributed by atoms with E-state index in [1.54, 1.807) is 6.07 Å². The standard InChI is InChI=1S/C20H33NO3/c1-6-7-10-14-24-20(22)18-11-8-9-12-19(18)23-15-13-21(16(2)3)17(4)5/h8-9,11-12,16-17H,6-7,10,13-15H2,1-5H3.